The van der Waals surface area contributed by atoms with Crippen LogP contribution < -0.4 is 14.9 Å². The number of hydrogen-bond acceptors (Lipinski definition) is 6. The molecule has 0 spiro atoms. The first-order valence-electron chi connectivity index (χ1n) is 7.08. The minimum absolute atomic E-state index is 0.106. The molecule has 0 radical (unpaired) electrons. The Morgan fingerprint density at radius 1 is 1.29 bits per heavy atom. The molecule has 0 amide bonds. The number of hydrazone groups is 1. The molecule has 0 unspecified atom stereocenters. The maximum Gasteiger partial charge on any atom is 0.243 e. The van der Waals surface area contributed by atoms with E-state index >= 15 is 0 Å². The van der Waals surface area contributed by atoms with Crippen LogP contribution in [0.3, 0.4) is 0 Å². The van der Waals surface area contributed by atoms with Gasteiger partial charge >= 0.3 is 0 Å². The number of nitrogens with zero attached hydrogens (tertiary/aromatic N) is 3. The average Bonchev–Trinajstić information content (AvgIpc) is 2.52. The maximum atomic E-state index is 6.21. The lowest BCUT2D eigenvalue weighted by Gasteiger charge is -2.11. The fourth-order valence-electron chi connectivity index (χ4n) is 2.01. The molecule has 0 fully saturated rings. The predicted octanol–water partition coefficient (Wildman–Crippen LogP) is 3.21. The summed E-state index contributed by atoms with van der Waals surface area (Å²) in [5.74, 6) is 3.69. The summed E-state index contributed by atoms with van der Waals surface area (Å²) in [6.07, 6.45) is 6.77. The molecule has 1 N–H and O–H groups in total. The highest BCUT2D eigenvalue weighted by Gasteiger charge is 2.11. The minimum atomic E-state index is 0.106. The van der Waals surface area contributed by atoms with Crippen LogP contribution >= 0.6 is 11.6 Å². The molecule has 0 aliphatic heterocycles. The van der Waals surface area contributed by atoms with Crippen molar-refractivity contribution in [3.63, 3.8) is 0 Å². The van der Waals surface area contributed by atoms with Crippen molar-refractivity contribution >= 4 is 23.8 Å². The van der Waals surface area contributed by atoms with E-state index in [9.17, 15) is 0 Å². The van der Waals surface area contributed by atoms with E-state index in [1.165, 1.54) is 7.11 Å². The highest BCUT2D eigenvalue weighted by molar-refractivity contribution is 6.32. The van der Waals surface area contributed by atoms with Gasteiger partial charge in [0.2, 0.25) is 5.95 Å². The topological polar surface area (TPSA) is 68.6 Å². The number of rotatable bonds is 6. The van der Waals surface area contributed by atoms with Gasteiger partial charge in [0.25, 0.3) is 0 Å². The van der Waals surface area contributed by atoms with E-state index in [1.54, 1.807) is 18.3 Å². The van der Waals surface area contributed by atoms with Crippen LogP contribution in [0.15, 0.2) is 23.3 Å². The molecule has 0 bridgehead atoms. The summed E-state index contributed by atoms with van der Waals surface area (Å²) in [5, 5.41) is 4.50. The number of terminal acetylenes is 1. The Labute approximate surface area is 145 Å². The second-order valence-electron chi connectivity index (χ2n) is 4.87. The van der Waals surface area contributed by atoms with Crippen molar-refractivity contribution in [1.82, 2.24) is 9.97 Å². The highest BCUT2D eigenvalue weighted by atomic mass is 35.5. The van der Waals surface area contributed by atoms with Crippen molar-refractivity contribution in [3.05, 3.63) is 40.2 Å². The smallest absolute Gasteiger partial charge is 0.243 e. The van der Waals surface area contributed by atoms with Crippen LogP contribution in [0, 0.1) is 26.2 Å². The molecule has 24 heavy (non-hydrogen) atoms. The fraction of sp³-hybridized carbons (Fsp3) is 0.235. The summed E-state index contributed by atoms with van der Waals surface area (Å²) in [6, 6.07) is 5.32. The van der Waals surface area contributed by atoms with Crippen molar-refractivity contribution in [2.24, 2.45) is 5.10 Å². The zero-order chi connectivity index (χ0) is 17.5. The van der Waals surface area contributed by atoms with Crippen molar-refractivity contribution in [3.8, 4) is 23.8 Å². The van der Waals surface area contributed by atoms with Gasteiger partial charge in [-0.2, -0.15) is 5.10 Å². The van der Waals surface area contributed by atoms with Gasteiger partial charge in [-0.25, -0.2) is 15.4 Å². The molecule has 0 saturated carbocycles. The van der Waals surface area contributed by atoms with Crippen LogP contribution in [-0.4, -0.2) is 29.9 Å². The van der Waals surface area contributed by atoms with Crippen molar-refractivity contribution in [1.29, 1.82) is 0 Å². The normalized spacial score (nSPS) is 10.5. The van der Waals surface area contributed by atoms with Crippen LogP contribution in [-0.2, 0) is 0 Å². The molecular formula is C17H17ClN4O2. The number of anilines is 1. The molecule has 1 heterocycles. The van der Waals surface area contributed by atoms with Crippen LogP contribution in [0.2, 0.25) is 5.02 Å². The van der Waals surface area contributed by atoms with E-state index in [4.69, 9.17) is 27.5 Å². The molecule has 7 heteroatoms. The third kappa shape index (κ3) is 4.61. The van der Waals surface area contributed by atoms with Crippen molar-refractivity contribution < 1.29 is 9.47 Å². The van der Waals surface area contributed by atoms with E-state index in [2.05, 4.69) is 26.4 Å². The Hall–Kier alpha value is -2.78. The molecule has 0 aliphatic rings. The quantitative estimate of drug-likeness (QED) is 0.495. The van der Waals surface area contributed by atoms with Gasteiger partial charge in [0.05, 0.1) is 18.3 Å². The first-order valence-corrected chi connectivity index (χ1v) is 7.46. The molecule has 6 nitrogen and oxygen atoms in total. The van der Waals surface area contributed by atoms with E-state index in [0.29, 0.717) is 22.5 Å². The Bertz CT molecular complexity index is 780. The summed E-state index contributed by atoms with van der Waals surface area (Å²) < 4.78 is 10.7. The minimum Gasteiger partial charge on any atom is -0.493 e. The highest BCUT2D eigenvalue weighted by Crippen LogP contribution is 2.35. The van der Waals surface area contributed by atoms with Gasteiger partial charge in [0.1, 0.15) is 6.61 Å². The Morgan fingerprint density at radius 2 is 2.00 bits per heavy atom. The van der Waals surface area contributed by atoms with Gasteiger partial charge in [0.15, 0.2) is 11.5 Å². The van der Waals surface area contributed by atoms with Crippen molar-refractivity contribution in [2.75, 3.05) is 19.1 Å². The van der Waals surface area contributed by atoms with E-state index in [1.807, 2.05) is 19.9 Å². The van der Waals surface area contributed by atoms with Crippen LogP contribution in [0.25, 0.3) is 0 Å². The number of methoxy groups -OCH3 is 1. The van der Waals surface area contributed by atoms with Gasteiger partial charge in [0, 0.05) is 11.4 Å². The standard InChI is InChI=1S/C17H17ClN4O2/c1-5-6-24-16-14(18)8-13(9-15(16)23-4)10-19-22-17-20-11(2)7-12(3)21-17/h1,7-10H,6H2,2-4H3,(H,20,21,22)/b19-10-. The SMILES string of the molecule is C#CCOc1c(Cl)cc(/C=N\Nc2nc(C)cc(C)n2)cc1OC. The summed E-state index contributed by atoms with van der Waals surface area (Å²) in [4.78, 5) is 8.48. The predicted molar refractivity (Wildman–Crippen MR) is 95.1 cm³/mol. The fourth-order valence-corrected chi connectivity index (χ4v) is 2.28. The molecule has 124 valence electrons. The van der Waals surface area contributed by atoms with Crippen LogP contribution in [0.1, 0.15) is 17.0 Å². The number of aryl methyl sites for hydroxylation is 2. The summed E-state index contributed by atoms with van der Waals surface area (Å²) in [7, 11) is 1.52. The number of halogens is 1. The Balaban J connectivity index is 2.17. The average molecular weight is 345 g/mol. The first kappa shape index (κ1) is 17.6. The summed E-state index contributed by atoms with van der Waals surface area (Å²) in [6.45, 7) is 3.89. The van der Waals surface area contributed by atoms with E-state index < -0.39 is 0 Å². The van der Waals surface area contributed by atoms with Crippen molar-refractivity contribution in [2.45, 2.75) is 13.8 Å². The Morgan fingerprint density at radius 3 is 2.62 bits per heavy atom. The molecule has 1 aromatic heterocycles. The summed E-state index contributed by atoms with van der Waals surface area (Å²) >= 11 is 6.21. The van der Waals surface area contributed by atoms with Crippen LogP contribution in [0.5, 0.6) is 11.5 Å². The Kier molecular flexibility index (Phi) is 5.99. The lowest BCUT2D eigenvalue weighted by Crippen LogP contribution is -2.01. The number of nitrogens with one attached hydrogen (secondary N) is 1. The third-order valence-corrected chi connectivity index (χ3v) is 3.19. The van der Waals surface area contributed by atoms with Gasteiger partial charge < -0.3 is 9.47 Å². The largest absolute Gasteiger partial charge is 0.493 e. The molecule has 2 aromatic rings. The zero-order valence-electron chi connectivity index (χ0n) is 13.6. The zero-order valence-corrected chi connectivity index (χ0v) is 14.4. The molecular weight excluding hydrogens is 328 g/mol. The number of hydrogen-bond donors (Lipinski definition) is 1. The number of aromatic nitrogens is 2. The number of benzene rings is 1. The van der Waals surface area contributed by atoms with Crippen LogP contribution in [0.4, 0.5) is 5.95 Å². The molecule has 0 saturated heterocycles. The van der Waals surface area contributed by atoms with Gasteiger partial charge in [-0.15, -0.1) is 6.42 Å². The van der Waals surface area contributed by atoms with Gasteiger partial charge in [-0.05, 0) is 37.6 Å². The maximum absolute atomic E-state index is 6.21. The van der Waals surface area contributed by atoms with Gasteiger partial charge in [-0.3, -0.25) is 0 Å². The third-order valence-electron chi connectivity index (χ3n) is 2.91. The number of ether oxygens (including phenoxy) is 2. The lowest BCUT2D eigenvalue weighted by molar-refractivity contribution is 0.331. The van der Waals surface area contributed by atoms with E-state index in [-0.39, 0.29) is 6.61 Å². The lowest BCUT2D eigenvalue weighted by atomic mass is 10.2. The second-order valence-corrected chi connectivity index (χ2v) is 5.28. The first-order chi connectivity index (χ1) is 11.5. The molecule has 0 atom stereocenters. The second kappa shape index (κ2) is 8.18. The van der Waals surface area contributed by atoms with E-state index in [0.717, 1.165) is 17.0 Å². The molecule has 1 aromatic carbocycles. The summed E-state index contributed by atoms with van der Waals surface area (Å²) in [5.41, 5.74) is 5.23. The van der Waals surface area contributed by atoms with Gasteiger partial charge in [-0.1, -0.05) is 17.5 Å². The monoisotopic (exact) mass is 344 g/mol. The molecule has 2 rings (SSSR count). The molecule has 0 aliphatic carbocycles.